The molecular weight excluding hydrogens is 374 g/mol. The molecule has 28 heavy (non-hydrogen) atoms. The van der Waals surface area contributed by atoms with Crippen molar-refractivity contribution in [3.05, 3.63) is 24.2 Å². The number of furan rings is 1. The zero-order chi connectivity index (χ0) is 19.1. The van der Waals surface area contributed by atoms with Gasteiger partial charge in [-0.3, -0.25) is 4.79 Å². The van der Waals surface area contributed by atoms with E-state index in [0.717, 1.165) is 42.9 Å². The van der Waals surface area contributed by atoms with Crippen LogP contribution in [0.15, 0.2) is 28.0 Å². The molecule has 0 radical (unpaired) electrons. The highest BCUT2D eigenvalue weighted by Gasteiger charge is 2.44. The summed E-state index contributed by atoms with van der Waals surface area (Å²) in [6.07, 6.45) is 10.5. The third kappa shape index (κ3) is 3.47. The van der Waals surface area contributed by atoms with E-state index in [4.69, 9.17) is 9.15 Å². The van der Waals surface area contributed by atoms with Gasteiger partial charge in [0.05, 0.1) is 11.8 Å². The summed E-state index contributed by atoms with van der Waals surface area (Å²) in [5.74, 6) is 2.24. The number of nitrogens with zero attached hydrogens (tertiary/aromatic N) is 2. The molecule has 3 heterocycles. The van der Waals surface area contributed by atoms with E-state index in [1.807, 2.05) is 4.90 Å². The van der Waals surface area contributed by atoms with Crippen molar-refractivity contribution in [2.24, 2.45) is 22.7 Å². The van der Waals surface area contributed by atoms with Crippen molar-refractivity contribution in [1.29, 1.82) is 0 Å². The molecule has 4 aliphatic rings. The summed E-state index contributed by atoms with van der Waals surface area (Å²) in [4.78, 5) is 18.8. The van der Waals surface area contributed by atoms with E-state index in [1.165, 1.54) is 31.9 Å². The number of amidine groups is 1. The lowest BCUT2D eigenvalue weighted by Crippen LogP contribution is -2.49. The Kier molecular flexibility index (Phi) is 4.91. The number of thioether (sulfide) groups is 1. The van der Waals surface area contributed by atoms with Gasteiger partial charge >= 0.3 is 0 Å². The Morgan fingerprint density at radius 2 is 2.14 bits per heavy atom. The van der Waals surface area contributed by atoms with Crippen LogP contribution in [0, 0.1) is 17.8 Å². The predicted octanol–water partition coefficient (Wildman–Crippen LogP) is 3.70. The van der Waals surface area contributed by atoms with Gasteiger partial charge in [-0.05, 0) is 56.9 Å². The van der Waals surface area contributed by atoms with E-state index in [-0.39, 0.29) is 10.8 Å². The number of nitrogens with one attached hydrogen (secondary N) is 1. The number of hydrogen-bond acceptors (Lipinski definition) is 6. The lowest BCUT2D eigenvalue weighted by molar-refractivity contribution is -0.0201. The Morgan fingerprint density at radius 3 is 2.82 bits per heavy atom. The number of carbonyl (C=O) groups excluding carboxylic acids is 1. The van der Waals surface area contributed by atoms with E-state index in [1.54, 1.807) is 24.1 Å². The fraction of sp³-hybridized carbons (Fsp3) is 0.714. The van der Waals surface area contributed by atoms with E-state index < -0.39 is 0 Å². The Hall–Kier alpha value is -1.47. The standard InChI is InChI=1S/C21H29N3O3S/c1-21(17-4-7-24(8-5-17)19(25)16-6-9-26-12-16)27-13-22-20(28-21)23-18-11-14-2-3-15(18)10-14/h6,9,12,14-15,17-18H,2-5,7-8,10-11,13H2,1H3,(H,22,23)/t14-,15+,18+,21?/m1/s1. The average Bonchev–Trinajstić information content (AvgIpc) is 3.46. The van der Waals surface area contributed by atoms with Gasteiger partial charge in [0.15, 0.2) is 5.17 Å². The number of ether oxygens (including phenoxy) is 1. The molecule has 2 bridgehead atoms. The molecular formula is C21H29N3O3S. The predicted molar refractivity (Wildman–Crippen MR) is 109 cm³/mol. The fourth-order valence-corrected chi connectivity index (χ4v) is 6.73. The minimum Gasteiger partial charge on any atom is -0.472 e. The first-order valence-corrected chi connectivity index (χ1v) is 11.4. The minimum absolute atomic E-state index is 0.0646. The molecule has 1 amide bonds. The topological polar surface area (TPSA) is 67.1 Å². The maximum atomic E-state index is 12.5. The second-order valence-corrected chi connectivity index (χ2v) is 10.3. The molecule has 6 nitrogen and oxygen atoms in total. The Labute approximate surface area is 170 Å². The first-order valence-electron chi connectivity index (χ1n) is 10.6. The smallest absolute Gasteiger partial charge is 0.257 e. The van der Waals surface area contributed by atoms with Gasteiger partial charge in [0.1, 0.15) is 17.9 Å². The van der Waals surface area contributed by atoms with Crippen LogP contribution in [0.2, 0.25) is 0 Å². The lowest BCUT2D eigenvalue weighted by Gasteiger charge is -2.43. The zero-order valence-electron chi connectivity index (χ0n) is 16.4. The third-order valence-electron chi connectivity index (χ3n) is 7.20. The molecule has 1 saturated heterocycles. The van der Waals surface area contributed by atoms with Crippen LogP contribution in [0.25, 0.3) is 0 Å². The van der Waals surface area contributed by atoms with Gasteiger partial charge in [-0.2, -0.15) is 0 Å². The number of fused-ring (bicyclic) bond motifs is 2. The summed E-state index contributed by atoms with van der Waals surface area (Å²) in [5, 5.41) is 4.81. The molecule has 2 aliphatic carbocycles. The molecule has 1 N–H and O–H groups in total. The van der Waals surface area contributed by atoms with Crippen molar-refractivity contribution in [2.45, 2.75) is 56.4 Å². The Morgan fingerprint density at radius 1 is 1.29 bits per heavy atom. The van der Waals surface area contributed by atoms with Crippen LogP contribution in [0.5, 0.6) is 0 Å². The molecule has 7 heteroatoms. The molecule has 2 aliphatic heterocycles. The first-order chi connectivity index (χ1) is 13.6. The van der Waals surface area contributed by atoms with Crippen molar-refractivity contribution < 1.29 is 13.9 Å². The summed E-state index contributed by atoms with van der Waals surface area (Å²) in [6, 6.07) is 2.33. The lowest BCUT2D eigenvalue weighted by atomic mass is 9.91. The molecule has 0 spiro atoms. The Balaban J connectivity index is 1.17. The van der Waals surface area contributed by atoms with Crippen LogP contribution in [0.4, 0.5) is 0 Å². The van der Waals surface area contributed by atoms with Crippen molar-refractivity contribution in [3.8, 4) is 0 Å². The number of likely N-dealkylation sites (tertiary alicyclic amines) is 1. The van der Waals surface area contributed by atoms with Gasteiger partial charge < -0.3 is 19.4 Å². The van der Waals surface area contributed by atoms with Gasteiger partial charge in [0, 0.05) is 25.0 Å². The number of aliphatic imine (C=N–C) groups is 1. The third-order valence-corrected chi connectivity index (χ3v) is 8.49. The van der Waals surface area contributed by atoms with E-state index in [0.29, 0.717) is 24.3 Å². The maximum Gasteiger partial charge on any atom is 0.257 e. The largest absolute Gasteiger partial charge is 0.472 e. The molecule has 1 aromatic rings. The number of hydrogen-bond donors (Lipinski definition) is 1. The van der Waals surface area contributed by atoms with Crippen LogP contribution in [-0.4, -0.2) is 46.8 Å². The van der Waals surface area contributed by atoms with Crippen LogP contribution in [0.3, 0.4) is 0 Å². The second kappa shape index (κ2) is 7.41. The van der Waals surface area contributed by atoms with E-state index in [2.05, 4.69) is 17.2 Å². The summed E-state index contributed by atoms with van der Waals surface area (Å²) >= 11 is 1.76. The highest BCUT2D eigenvalue weighted by molar-refractivity contribution is 8.14. The number of rotatable bonds is 3. The molecule has 2 saturated carbocycles. The highest BCUT2D eigenvalue weighted by atomic mass is 32.2. The summed E-state index contributed by atoms with van der Waals surface area (Å²) in [6.45, 7) is 4.16. The molecule has 3 fully saturated rings. The van der Waals surface area contributed by atoms with Crippen LogP contribution >= 0.6 is 11.8 Å². The summed E-state index contributed by atoms with van der Waals surface area (Å²) in [7, 11) is 0. The van der Waals surface area contributed by atoms with Crippen LogP contribution in [-0.2, 0) is 4.74 Å². The SMILES string of the molecule is CC1(C2CCN(C(=O)c3ccoc3)CC2)OCN=C(N[C@H]2C[C@@H]3CC[C@H]2C3)S1. The van der Waals surface area contributed by atoms with Gasteiger partial charge in [0.25, 0.3) is 5.91 Å². The molecule has 1 unspecified atom stereocenters. The molecule has 0 aromatic carbocycles. The van der Waals surface area contributed by atoms with Crippen molar-refractivity contribution in [3.63, 3.8) is 0 Å². The van der Waals surface area contributed by atoms with E-state index >= 15 is 0 Å². The summed E-state index contributed by atoms with van der Waals surface area (Å²) < 4.78 is 11.2. The first kappa shape index (κ1) is 18.6. The van der Waals surface area contributed by atoms with Gasteiger partial charge in [-0.1, -0.05) is 18.2 Å². The van der Waals surface area contributed by atoms with Crippen molar-refractivity contribution in [1.82, 2.24) is 10.2 Å². The summed E-state index contributed by atoms with van der Waals surface area (Å²) in [5.41, 5.74) is 0.637. The minimum atomic E-state index is -0.271. The van der Waals surface area contributed by atoms with Crippen molar-refractivity contribution in [2.75, 3.05) is 19.8 Å². The Bertz CT molecular complexity index is 744. The highest BCUT2D eigenvalue weighted by Crippen LogP contribution is 2.46. The average molecular weight is 404 g/mol. The monoisotopic (exact) mass is 403 g/mol. The number of carbonyl (C=O) groups is 1. The van der Waals surface area contributed by atoms with E-state index in [9.17, 15) is 4.79 Å². The molecule has 152 valence electrons. The molecule has 5 rings (SSSR count). The normalized spacial score (nSPS) is 35.8. The zero-order valence-corrected chi connectivity index (χ0v) is 17.2. The number of piperidine rings is 1. The number of amides is 1. The van der Waals surface area contributed by atoms with Gasteiger partial charge in [-0.25, -0.2) is 4.99 Å². The second-order valence-electron chi connectivity index (χ2n) is 8.86. The molecule has 4 atom stereocenters. The van der Waals surface area contributed by atoms with Gasteiger partial charge in [0.2, 0.25) is 0 Å². The fourth-order valence-electron chi connectivity index (χ4n) is 5.50. The van der Waals surface area contributed by atoms with Crippen LogP contribution in [0.1, 0.15) is 55.8 Å². The molecule has 1 aromatic heterocycles. The van der Waals surface area contributed by atoms with Crippen LogP contribution < -0.4 is 5.32 Å². The van der Waals surface area contributed by atoms with Crippen molar-refractivity contribution >= 4 is 22.8 Å². The van der Waals surface area contributed by atoms with Gasteiger partial charge in [-0.15, -0.1) is 0 Å². The quantitative estimate of drug-likeness (QED) is 0.833. The maximum absolute atomic E-state index is 12.5.